The van der Waals surface area contributed by atoms with Crippen LogP contribution >= 0.6 is 11.3 Å². The van der Waals surface area contributed by atoms with Crippen molar-refractivity contribution in [2.75, 3.05) is 0 Å². The number of sulfonamides is 1. The zero-order valence-electron chi connectivity index (χ0n) is 14.5. The summed E-state index contributed by atoms with van der Waals surface area (Å²) >= 11 is 1.71. The highest BCUT2D eigenvalue weighted by Gasteiger charge is 2.41. The maximum Gasteiger partial charge on any atom is 0.241 e. The van der Waals surface area contributed by atoms with E-state index in [-0.39, 0.29) is 5.54 Å². The van der Waals surface area contributed by atoms with Crippen LogP contribution in [0.5, 0.6) is 0 Å². The van der Waals surface area contributed by atoms with Gasteiger partial charge in [0, 0.05) is 33.9 Å². The van der Waals surface area contributed by atoms with Gasteiger partial charge in [0.2, 0.25) is 10.0 Å². The maximum absolute atomic E-state index is 12.5. The van der Waals surface area contributed by atoms with Gasteiger partial charge >= 0.3 is 0 Å². The van der Waals surface area contributed by atoms with Crippen LogP contribution in [0.4, 0.5) is 0 Å². The van der Waals surface area contributed by atoms with E-state index in [9.17, 15) is 8.42 Å². The first-order valence-electron chi connectivity index (χ1n) is 8.33. The third-order valence-corrected chi connectivity index (χ3v) is 7.49. The monoisotopic (exact) mass is 375 g/mol. The molecule has 1 aliphatic rings. The van der Waals surface area contributed by atoms with E-state index in [4.69, 9.17) is 0 Å². The average molecular weight is 376 g/mol. The summed E-state index contributed by atoms with van der Waals surface area (Å²) in [5.41, 5.74) is 2.81. The predicted molar refractivity (Wildman–Crippen MR) is 101 cm³/mol. The molecule has 1 saturated carbocycles. The van der Waals surface area contributed by atoms with Crippen molar-refractivity contribution in [2.24, 2.45) is 0 Å². The number of hydrogen-bond donors (Lipinski definition) is 2. The smallest absolute Gasteiger partial charge is 0.241 e. The molecule has 0 aliphatic heterocycles. The van der Waals surface area contributed by atoms with E-state index in [1.165, 1.54) is 4.88 Å². The number of nitrogens with one attached hydrogen (secondary N) is 2. The van der Waals surface area contributed by atoms with E-state index in [0.717, 1.165) is 46.4 Å². The van der Waals surface area contributed by atoms with Gasteiger partial charge in [-0.05, 0) is 51.3 Å². The van der Waals surface area contributed by atoms with E-state index < -0.39 is 10.0 Å². The van der Waals surface area contributed by atoms with E-state index in [1.54, 1.807) is 23.5 Å². The Kier molecular flexibility index (Phi) is 3.79. The van der Waals surface area contributed by atoms with Gasteiger partial charge in [-0.2, -0.15) is 0 Å². The molecule has 2 aromatic heterocycles. The maximum atomic E-state index is 12.5. The fourth-order valence-corrected chi connectivity index (χ4v) is 5.51. The van der Waals surface area contributed by atoms with Crippen molar-refractivity contribution in [2.45, 2.75) is 50.5 Å². The highest BCUT2D eigenvalue weighted by molar-refractivity contribution is 7.89. The minimum absolute atomic E-state index is 0.268. The Labute approximate surface area is 151 Å². The van der Waals surface area contributed by atoms with Crippen LogP contribution in [0.2, 0.25) is 0 Å². The molecule has 0 unspecified atom stereocenters. The normalized spacial score (nSPS) is 16.4. The number of hydrogen-bond acceptors (Lipinski definition) is 4. The second-order valence-corrected chi connectivity index (χ2v) is 10.1. The quantitative estimate of drug-likeness (QED) is 0.714. The molecule has 1 aliphatic carbocycles. The van der Waals surface area contributed by atoms with Crippen molar-refractivity contribution < 1.29 is 8.42 Å². The Balaban J connectivity index is 1.66. The van der Waals surface area contributed by atoms with Crippen molar-refractivity contribution in [3.8, 4) is 0 Å². The number of aromatic nitrogens is 2. The van der Waals surface area contributed by atoms with Crippen molar-refractivity contribution in [1.29, 1.82) is 0 Å². The van der Waals surface area contributed by atoms with Crippen LogP contribution in [0.25, 0.3) is 10.9 Å². The molecule has 0 atom stereocenters. The highest BCUT2D eigenvalue weighted by Crippen LogP contribution is 2.36. The number of aromatic amines is 1. The summed E-state index contributed by atoms with van der Waals surface area (Å²) in [6.45, 7) is 5.98. The third-order valence-electron chi connectivity index (χ3n) is 4.78. The van der Waals surface area contributed by atoms with Crippen molar-refractivity contribution in [3.63, 3.8) is 0 Å². The van der Waals surface area contributed by atoms with Crippen molar-refractivity contribution in [1.82, 2.24) is 14.7 Å². The Bertz CT molecular complexity index is 1060. The van der Waals surface area contributed by atoms with Gasteiger partial charge in [-0.25, -0.2) is 18.1 Å². The van der Waals surface area contributed by atoms with Crippen LogP contribution in [0.15, 0.2) is 29.3 Å². The molecule has 3 aromatic rings. The summed E-state index contributed by atoms with van der Waals surface area (Å²) in [5.74, 6) is 0. The van der Waals surface area contributed by atoms with Gasteiger partial charge in [0.1, 0.15) is 0 Å². The second kappa shape index (κ2) is 5.65. The first kappa shape index (κ1) is 16.8. The Morgan fingerprint density at radius 1 is 1.32 bits per heavy atom. The van der Waals surface area contributed by atoms with Crippen LogP contribution in [0.3, 0.4) is 0 Å². The fourth-order valence-electron chi connectivity index (χ4n) is 3.06. The molecule has 2 heterocycles. The van der Waals surface area contributed by atoms with Crippen LogP contribution in [0, 0.1) is 13.8 Å². The summed E-state index contributed by atoms with van der Waals surface area (Å²) in [6.07, 6.45) is 4.56. The number of fused-ring (bicyclic) bond motifs is 1. The lowest BCUT2D eigenvalue weighted by Gasteiger charge is -2.12. The lowest BCUT2D eigenvalue weighted by molar-refractivity contribution is 0.558. The largest absolute Gasteiger partial charge is 0.361 e. The molecular weight excluding hydrogens is 354 g/mol. The SMILES string of the molecule is Cc1nc(C)c(Cc2c[nH]c3cc(S(=O)(=O)NC4(C)CC4)ccc23)s1. The molecule has 25 heavy (non-hydrogen) atoms. The van der Waals surface area contributed by atoms with Crippen molar-refractivity contribution in [3.05, 3.63) is 45.5 Å². The lowest BCUT2D eigenvalue weighted by Crippen LogP contribution is -2.34. The number of rotatable bonds is 5. The molecule has 132 valence electrons. The predicted octanol–water partition coefficient (Wildman–Crippen LogP) is 3.66. The Morgan fingerprint density at radius 3 is 2.72 bits per heavy atom. The van der Waals surface area contributed by atoms with Gasteiger partial charge in [0.15, 0.2) is 0 Å². The topological polar surface area (TPSA) is 74.8 Å². The minimum Gasteiger partial charge on any atom is -0.361 e. The molecule has 1 fully saturated rings. The van der Waals surface area contributed by atoms with Crippen LogP contribution in [0.1, 0.15) is 40.9 Å². The molecule has 2 N–H and O–H groups in total. The molecule has 0 radical (unpaired) electrons. The molecule has 0 bridgehead atoms. The number of thiazole rings is 1. The average Bonchev–Trinajstić information content (AvgIpc) is 2.98. The molecule has 1 aromatic carbocycles. The van der Waals surface area contributed by atoms with Crippen molar-refractivity contribution >= 4 is 32.3 Å². The molecule has 0 spiro atoms. The standard InChI is InChI=1S/C18H21N3O2S2/c1-11-17(24-12(2)20-11)8-13-10-19-16-9-14(4-5-15(13)16)25(22,23)21-18(3)6-7-18/h4-5,9-10,19,21H,6-8H2,1-3H3. The molecule has 7 heteroatoms. The minimum atomic E-state index is -3.48. The van der Waals surface area contributed by atoms with Gasteiger partial charge in [0.05, 0.1) is 15.6 Å². The zero-order valence-corrected chi connectivity index (χ0v) is 16.1. The first-order valence-corrected chi connectivity index (χ1v) is 10.6. The molecule has 5 nitrogen and oxygen atoms in total. The number of nitrogens with zero attached hydrogens (tertiary/aromatic N) is 1. The van der Waals surface area contributed by atoms with Gasteiger partial charge in [-0.15, -0.1) is 11.3 Å². The van der Waals surface area contributed by atoms with E-state index in [1.807, 2.05) is 33.0 Å². The van der Waals surface area contributed by atoms with Gasteiger partial charge in [-0.3, -0.25) is 0 Å². The third kappa shape index (κ3) is 3.23. The summed E-state index contributed by atoms with van der Waals surface area (Å²) in [6, 6.07) is 5.31. The first-order chi connectivity index (χ1) is 11.8. The van der Waals surface area contributed by atoms with Gasteiger partial charge < -0.3 is 4.98 Å². The molecule has 0 saturated heterocycles. The van der Waals surface area contributed by atoms with Gasteiger partial charge in [0.25, 0.3) is 0 Å². The Hall–Kier alpha value is -1.70. The summed E-state index contributed by atoms with van der Waals surface area (Å²) < 4.78 is 27.9. The number of benzene rings is 1. The van der Waals surface area contributed by atoms with Crippen LogP contribution in [-0.2, 0) is 16.4 Å². The molecule has 4 rings (SSSR count). The Morgan fingerprint density at radius 2 is 2.08 bits per heavy atom. The summed E-state index contributed by atoms with van der Waals surface area (Å²) in [5, 5.41) is 2.13. The van der Waals surface area contributed by atoms with Crippen LogP contribution < -0.4 is 4.72 Å². The fraction of sp³-hybridized carbons (Fsp3) is 0.389. The lowest BCUT2D eigenvalue weighted by atomic mass is 10.1. The van der Waals surface area contributed by atoms with Gasteiger partial charge in [-0.1, -0.05) is 6.07 Å². The number of aryl methyl sites for hydroxylation is 2. The number of H-pyrrole nitrogens is 1. The summed E-state index contributed by atoms with van der Waals surface area (Å²) in [4.78, 5) is 9.26. The van der Waals surface area contributed by atoms with E-state index >= 15 is 0 Å². The zero-order chi connectivity index (χ0) is 17.8. The summed E-state index contributed by atoms with van der Waals surface area (Å²) in [7, 11) is -3.48. The molecular formula is C18H21N3O2S2. The highest BCUT2D eigenvalue weighted by atomic mass is 32.2. The van der Waals surface area contributed by atoms with E-state index in [0.29, 0.717) is 4.90 Å². The van der Waals surface area contributed by atoms with E-state index in [2.05, 4.69) is 14.7 Å². The second-order valence-electron chi connectivity index (χ2n) is 7.11. The molecule has 0 amide bonds. The van der Waals surface area contributed by atoms with Crippen LogP contribution in [-0.4, -0.2) is 23.9 Å².